The predicted octanol–water partition coefficient (Wildman–Crippen LogP) is 14.4. The molecule has 0 spiro atoms. The fraction of sp³-hybridized carbons (Fsp3) is 0.0357. The Morgan fingerprint density at radius 3 is 0.983 bits per heavy atom. The van der Waals surface area contributed by atoms with Gasteiger partial charge in [0.05, 0.1) is 14.2 Å². The standard InChI is InChI=1S/C56H44O2/c1-57-55-35-41(29-33-51(55)39-53(43-17-7-3-8-18-43)44-19-9-4-10-20-44)27-31-49-37-47-25-15-16-26-48(47)38-50(49)32-28-42-30-34-52(56(36-42)58-2)40-54(45-21-11-5-12-22-45)46-23-13-6-14-24-46/h3-40H,1-2H3/b31-27-,32-28-. The lowest BCUT2D eigenvalue weighted by atomic mass is 9.95. The van der Waals surface area contributed by atoms with E-state index >= 15 is 0 Å². The van der Waals surface area contributed by atoms with Crippen LogP contribution in [0.3, 0.4) is 0 Å². The van der Waals surface area contributed by atoms with Gasteiger partial charge in [-0.05, 0) is 103 Å². The van der Waals surface area contributed by atoms with Gasteiger partial charge in [0.1, 0.15) is 11.5 Å². The monoisotopic (exact) mass is 748 g/mol. The van der Waals surface area contributed by atoms with Crippen molar-refractivity contribution in [2.45, 2.75) is 0 Å². The van der Waals surface area contributed by atoms with Crippen molar-refractivity contribution in [3.8, 4) is 11.5 Å². The van der Waals surface area contributed by atoms with Gasteiger partial charge in [0.15, 0.2) is 0 Å². The van der Waals surface area contributed by atoms with Crippen molar-refractivity contribution in [1.82, 2.24) is 0 Å². The van der Waals surface area contributed by atoms with Gasteiger partial charge >= 0.3 is 0 Å². The van der Waals surface area contributed by atoms with E-state index in [-0.39, 0.29) is 0 Å². The first-order valence-electron chi connectivity index (χ1n) is 19.6. The largest absolute Gasteiger partial charge is 0.496 e. The summed E-state index contributed by atoms with van der Waals surface area (Å²) in [5, 5.41) is 2.38. The number of hydrogen-bond acceptors (Lipinski definition) is 2. The number of hydrogen-bond donors (Lipinski definition) is 0. The number of methoxy groups -OCH3 is 2. The molecule has 8 rings (SSSR count). The zero-order chi connectivity index (χ0) is 39.5. The second kappa shape index (κ2) is 18.0. The van der Waals surface area contributed by atoms with E-state index in [1.807, 2.05) is 24.3 Å². The van der Waals surface area contributed by atoms with Crippen molar-refractivity contribution in [3.05, 3.63) is 250 Å². The van der Waals surface area contributed by atoms with Crippen LogP contribution >= 0.6 is 0 Å². The Hall–Kier alpha value is -7.42. The Balaban J connectivity index is 1.11. The van der Waals surface area contributed by atoms with Crippen LogP contribution in [0.25, 0.3) is 58.4 Å². The zero-order valence-electron chi connectivity index (χ0n) is 32.8. The predicted molar refractivity (Wildman–Crippen MR) is 248 cm³/mol. The van der Waals surface area contributed by atoms with Gasteiger partial charge in [-0.15, -0.1) is 0 Å². The summed E-state index contributed by atoms with van der Waals surface area (Å²) in [4.78, 5) is 0. The molecule has 0 aliphatic carbocycles. The lowest BCUT2D eigenvalue weighted by molar-refractivity contribution is 0.413. The molecule has 2 heteroatoms. The second-order valence-corrected chi connectivity index (χ2v) is 14.1. The molecule has 0 aromatic heterocycles. The number of ether oxygens (including phenoxy) is 2. The minimum absolute atomic E-state index is 0.817. The fourth-order valence-electron chi connectivity index (χ4n) is 7.29. The molecule has 0 atom stereocenters. The molecule has 8 aromatic carbocycles. The minimum Gasteiger partial charge on any atom is -0.496 e. The molecule has 0 N–H and O–H groups in total. The molecule has 2 nitrogen and oxygen atoms in total. The van der Waals surface area contributed by atoms with Crippen LogP contribution in [0.1, 0.15) is 55.6 Å². The van der Waals surface area contributed by atoms with Crippen LogP contribution in [0.15, 0.2) is 194 Å². The van der Waals surface area contributed by atoms with Gasteiger partial charge in [-0.3, -0.25) is 0 Å². The van der Waals surface area contributed by atoms with E-state index in [9.17, 15) is 0 Å². The lowest BCUT2D eigenvalue weighted by Crippen LogP contribution is -1.92. The first kappa shape index (κ1) is 37.5. The van der Waals surface area contributed by atoms with Crippen LogP contribution in [0.4, 0.5) is 0 Å². The summed E-state index contributed by atoms with van der Waals surface area (Å²) in [6, 6.07) is 67.8. The zero-order valence-corrected chi connectivity index (χ0v) is 32.8. The molecule has 0 heterocycles. The van der Waals surface area contributed by atoms with Crippen LogP contribution in [0.5, 0.6) is 11.5 Å². The summed E-state index contributed by atoms with van der Waals surface area (Å²) < 4.78 is 11.9. The van der Waals surface area contributed by atoms with Crippen molar-refractivity contribution in [2.24, 2.45) is 0 Å². The Kier molecular flexibility index (Phi) is 11.7. The summed E-state index contributed by atoms with van der Waals surface area (Å²) in [7, 11) is 3.47. The van der Waals surface area contributed by atoms with Crippen LogP contribution in [0, 0.1) is 0 Å². The topological polar surface area (TPSA) is 18.5 Å². The maximum absolute atomic E-state index is 5.97. The summed E-state index contributed by atoms with van der Waals surface area (Å²) in [5.41, 5.74) is 13.3. The summed E-state index contributed by atoms with van der Waals surface area (Å²) in [6.07, 6.45) is 13.1. The molecule has 0 saturated carbocycles. The van der Waals surface area contributed by atoms with Gasteiger partial charge in [0, 0.05) is 11.1 Å². The van der Waals surface area contributed by atoms with Gasteiger partial charge in [0.25, 0.3) is 0 Å². The molecule has 0 saturated heterocycles. The summed E-state index contributed by atoms with van der Waals surface area (Å²) in [5.74, 6) is 1.63. The Morgan fingerprint density at radius 1 is 0.328 bits per heavy atom. The molecular formula is C56H44O2. The van der Waals surface area contributed by atoms with E-state index in [0.29, 0.717) is 0 Å². The third kappa shape index (κ3) is 8.83. The summed E-state index contributed by atoms with van der Waals surface area (Å²) in [6.45, 7) is 0. The Morgan fingerprint density at radius 2 is 0.655 bits per heavy atom. The average Bonchev–Trinajstić information content (AvgIpc) is 3.29. The van der Waals surface area contributed by atoms with Crippen LogP contribution in [0.2, 0.25) is 0 Å². The molecule has 58 heavy (non-hydrogen) atoms. The number of rotatable bonds is 12. The molecule has 280 valence electrons. The Labute approximate surface area is 342 Å². The first-order chi connectivity index (χ1) is 28.6. The molecule has 0 radical (unpaired) electrons. The maximum atomic E-state index is 5.97. The van der Waals surface area contributed by atoms with E-state index in [1.54, 1.807) is 14.2 Å². The van der Waals surface area contributed by atoms with Gasteiger partial charge in [-0.1, -0.05) is 194 Å². The van der Waals surface area contributed by atoms with Crippen LogP contribution in [-0.4, -0.2) is 14.2 Å². The fourth-order valence-corrected chi connectivity index (χ4v) is 7.29. The molecule has 8 aromatic rings. The van der Waals surface area contributed by atoms with Gasteiger partial charge < -0.3 is 9.47 Å². The molecule has 0 unspecified atom stereocenters. The normalized spacial score (nSPS) is 11.1. The van der Waals surface area contributed by atoms with Gasteiger partial charge in [-0.25, -0.2) is 0 Å². The van der Waals surface area contributed by atoms with E-state index < -0.39 is 0 Å². The minimum atomic E-state index is 0.817. The van der Waals surface area contributed by atoms with E-state index in [2.05, 4.69) is 206 Å². The smallest absolute Gasteiger partial charge is 0.126 e. The first-order valence-corrected chi connectivity index (χ1v) is 19.6. The summed E-state index contributed by atoms with van der Waals surface area (Å²) >= 11 is 0. The highest BCUT2D eigenvalue weighted by atomic mass is 16.5. The third-order valence-corrected chi connectivity index (χ3v) is 10.3. The van der Waals surface area contributed by atoms with E-state index in [1.165, 1.54) is 10.8 Å². The number of fused-ring (bicyclic) bond motifs is 1. The van der Waals surface area contributed by atoms with Crippen molar-refractivity contribution in [3.63, 3.8) is 0 Å². The third-order valence-electron chi connectivity index (χ3n) is 10.3. The molecule has 0 amide bonds. The maximum Gasteiger partial charge on any atom is 0.126 e. The van der Waals surface area contributed by atoms with Crippen LogP contribution < -0.4 is 9.47 Å². The highest BCUT2D eigenvalue weighted by molar-refractivity contribution is 5.95. The Bertz CT molecular complexity index is 2480. The molecule has 0 bridgehead atoms. The molecular weight excluding hydrogens is 705 g/mol. The lowest BCUT2D eigenvalue weighted by Gasteiger charge is -2.12. The van der Waals surface area contributed by atoms with E-state index in [0.717, 1.165) is 78.3 Å². The van der Waals surface area contributed by atoms with Crippen molar-refractivity contribution >= 4 is 58.4 Å². The number of benzene rings is 8. The highest BCUT2D eigenvalue weighted by Gasteiger charge is 2.11. The average molecular weight is 749 g/mol. The van der Waals surface area contributed by atoms with Crippen molar-refractivity contribution in [2.75, 3.05) is 14.2 Å². The second-order valence-electron chi connectivity index (χ2n) is 14.1. The molecule has 0 aliphatic rings. The molecule has 0 aliphatic heterocycles. The van der Waals surface area contributed by atoms with Gasteiger partial charge in [0.2, 0.25) is 0 Å². The van der Waals surface area contributed by atoms with Gasteiger partial charge in [-0.2, -0.15) is 0 Å². The SMILES string of the molecule is COc1cc(/C=C\c2cc3ccccc3cc2/C=C\c2ccc(C=C(c3ccccc3)c3ccccc3)c(OC)c2)ccc1C=C(c1ccccc1)c1ccccc1. The van der Waals surface area contributed by atoms with Crippen molar-refractivity contribution in [1.29, 1.82) is 0 Å². The molecule has 0 fully saturated rings. The van der Waals surface area contributed by atoms with Crippen LogP contribution in [-0.2, 0) is 0 Å². The highest BCUT2D eigenvalue weighted by Crippen LogP contribution is 2.33. The van der Waals surface area contributed by atoms with Crippen molar-refractivity contribution < 1.29 is 9.47 Å². The quantitative estimate of drug-likeness (QED) is 0.116. The van der Waals surface area contributed by atoms with E-state index in [4.69, 9.17) is 9.47 Å².